The molecule has 3 rings (SSSR count). The molecule has 0 bridgehead atoms. The van der Waals surface area contributed by atoms with E-state index in [2.05, 4.69) is 22.4 Å². The molecule has 5 nitrogen and oxygen atoms in total. The third-order valence-corrected chi connectivity index (χ3v) is 4.96. The number of benzene rings is 1. The highest BCUT2D eigenvalue weighted by atomic mass is 32.2. The van der Waals surface area contributed by atoms with E-state index in [1.165, 1.54) is 29.6 Å². The number of aryl methyl sites for hydroxylation is 1. The Labute approximate surface area is 139 Å². The first-order valence-electron chi connectivity index (χ1n) is 7.75. The van der Waals surface area contributed by atoms with E-state index >= 15 is 0 Å². The van der Waals surface area contributed by atoms with Gasteiger partial charge in [-0.15, -0.1) is 0 Å². The predicted molar refractivity (Wildman–Crippen MR) is 90.6 cm³/mol. The molecular weight excluding hydrogens is 310 g/mol. The number of aromatic nitrogens is 2. The van der Waals surface area contributed by atoms with Crippen LogP contribution in [0.25, 0.3) is 0 Å². The highest BCUT2D eigenvalue weighted by Gasteiger charge is 2.26. The van der Waals surface area contributed by atoms with Crippen LogP contribution in [0.5, 0.6) is 0 Å². The van der Waals surface area contributed by atoms with Crippen molar-refractivity contribution in [1.29, 1.82) is 0 Å². The van der Waals surface area contributed by atoms with Crippen molar-refractivity contribution in [2.45, 2.75) is 30.5 Å². The molecule has 1 amide bonds. The van der Waals surface area contributed by atoms with Gasteiger partial charge in [-0.1, -0.05) is 42.1 Å². The van der Waals surface area contributed by atoms with Gasteiger partial charge in [0.15, 0.2) is 5.16 Å². The Kier molecular flexibility index (Phi) is 5.12. The minimum atomic E-state index is -0.0923. The number of rotatable bonds is 6. The van der Waals surface area contributed by atoms with Crippen LogP contribution in [0.4, 0.5) is 0 Å². The van der Waals surface area contributed by atoms with Crippen LogP contribution < -0.4 is 10.9 Å². The lowest BCUT2D eigenvalue weighted by Gasteiger charge is -2.12. The standard InChI is InChI=1S/C17H19N3O2S/c21-15(18-9-4-7-13-5-2-1-3-6-13)11-14-12-23-17-19-10-8-16(22)20(14)17/h1-3,5-6,8,10,14H,4,7,9,11-12H2,(H,18,21). The van der Waals surface area contributed by atoms with E-state index in [0.29, 0.717) is 18.1 Å². The molecule has 1 atom stereocenters. The summed E-state index contributed by atoms with van der Waals surface area (Å²) in [7, 11) is 0. The molecule has 2 heterocycles. The van der Waals surface area contributed by atoms with Gasteiger partial charge in [-0.25, -0.2) is 4.98 Å². The predicted octanol–water partition coefficient (Wildman–Crippen LogP) is 2.03. The fourth-order valence-corrected chi connectivity index (χ4v) is 3.81. The Morgan fingerprint density at radius 3 is 2.96 bits per heavy atom. The summed E-state index contributed by atoms with van der Waals surface area (Å²) >= 11 is 1.53. The molecule has 120 valence electrons. The third-order valence-electron chi connectivity index (χ3n) is 3.84. The highest BCUT2D eigenvalue weighted by Crippen LogP contribution is 2.31. The van der Waals surface area contributed by atoms with Crippen molar-refractivity contribution in [1.82, 2.24) is 14.9 Å². The quantitative estimate of drug-likeness (QED) is 0.650. The van der Waals surface area contributed by atoms with Crippen LogP contribution in [0, 0.1) is 0 Å². The number of amides is 1. The third kappa shape index (κ3) is 4.01. The Hall–Kier alpha value is -2.08. The molecule has 0 saturated heterocycles. The van der Waals surface area contributed by atoms with E-state index in [9.17, 15) is 9.59 Å². The highest BCUT2D eigenvalue weighted by molar-refractivity contribution is 7.99. The van der Waals surface area contributed by atoms with E-state index in [4.69, 9.17) is 0 Å². The molecule has 6 heteroatoms. The van der Waals surface area contributed by atoms with E-state index in [1.807, 2.05) is 18.2 Å². The van der Waals surface area contributed by atoms with Gasteiger partial charge in [0.1, 0.15) is 0 Å². The van der Waals surface area contributed by atoms with Gasteiger partial charge in [-0.2, -0.15) is 0 Å². The summed E-state index contributed by atoms with van der Waals surface area (Å²) in [5.74, 6) is 0.719. The maximum Gasteiger partial charge on any atom is 0.254 e. The van der Waals surface area contributed by atoms with E-state index < -0.39 is 0 Å². The average Bonchev–Trinajstić information content (AvgIpc) is 2.97. The monoisotopic (exact) mass is 329 g/mol. The van der Waals surface area contributed by atoms with E-state index in [-0.39, 0.29) is 17.5 Å². The molecular formula is C17H19N3O2S. The lowest BCUT2D eigenvalue weighted by molar-refractivity contribution is -0.121. The summed E-state index contributed by atoms with van der Waals surface area (Å²) in [5, 5.41) is 3.65. The van der Waals surface area contributed by atoms with Crippen molar-refractivity contribution < 1.29 is 4.79 Å². The number of carbonyl (C=O) groups is 1. The van der Waals surface area contributed by atoms with Crippen LogP contribution in [0.1, 0.15) is 24.4 Å². The maximum absolute atomic E-state index is 12.1. The molecule has 1 unspecified atom stereocenters. The number of nitrogens with zero attached hydrogens (tertiary/aromatic N) is 2. The summed E-state index contributed by atoms with van der Waals surface area (Å²) in [6.07, 6.45) is 3.71. The largest absolute Gasteiger partial charge is 0.356 e. The second kappa shape index (κ2) is 7.46. The summed E-state index contributed by atoms with van der Waals surface area (Å²) in [4.78, 5) is 28.2. The smallest absolute Gasteiger partial charge is 0.254 e. The first-order chi connectivity index (χ1) is 11.2. The first-order valence-corrected chi connectivity index (χ1v) is 8.73. The molecule has 1 N–H and O–H groups in total. The van der Waals surface area contributed by atoms with Crippen LogP contribution in [-0.4, -0.2) is 27.8 Å². The van der Waals surface area contributed by atoms with Crippen LogP contribution in [0.15, 0.2) is 52.5 Å². The zero-order valence-electron chi connectivity index (χ0n) is 12.8. The maximum atomic E-state index is 12.1. The van der Waals surface area contributed by atoms with Gasteiger partial charge in [0.2, 0.25) is 5.91 Å². The SMILES string of the molecule is O=C(CC1CSc2nccc(=O)n21)NCCCc1ccccc1. The van der Waals surface area contributed by atoms with Gasteiger partial charge in [-0.3, -0.25) is 14.2 Å². The summed E-state index contributed by atoms with van der Waals surface area (Å²) < 4.78 is 1.63. The molecule has 0 fully saturated rings. The van der Waals surface area contributed by atoms with Crippen LogP contribution >= 0.6 is 11.8 Å². The van der Waals surface area contributed by atoms with Gasteiger partial charge < -0.3 is 5.32 Å². The minimum Gasteiger partial charge on any atom is -0.356 e. The molecule has 0 radical (unpaired) electrons. The second-order valence-corrected chi connectivity index (χ2v) is 6.53. The molecule has 0 aliphatic carbocycles. The molecule has 0 spiro atoms. The molecule has 0 saturated carbocycles. The normalized spacial score (nSPS) is 16.1. The molecule has 1 aliphatic rings. The lowest BCUT2D eigenvalue weighted by Crippen LogP contribution is -2.30. The Morgan fingerprint density at radius 1 is 1.30 bits per heavy atom. The molecule has 2 aromatic rings. The average molecular weight is 329 g/mol. The van der Waals surface area contributed by atoms with Gasteiger partial charge in [0.05, 0.1) is 6.04 Å². The van der Waals surface area contributed by atoms with E-state index in [0.717, 1.165) is 18.6 Å². The first kappa shape index (κ1) is 15.8. The van der Waals surface area contributed by atoms with Crippen LogP contribution in [0.2, 0.25) is 0 Å². The lowest BCUT2D eigenvalue weighted by atomic mass is 10.1. The van der Waals surface area contributed by atoms with Gasteiger partial charge >= 0.3 is 0 Å². The number of hydrogen-bond acceptors (Lipinski definition) is 4. The van der Waals surface area contributed by atoms with Gasteiger partial charge in [-0.05, 0) is 18.4 Å². The fraction of sp³-hybridized carbons (Fsp3) is 0.353. The number of thioether (sulfide) groups is 1. The van der Waals surface area contributed by atoms with Gasteiger partial charge in [0.25, 0.3) is 5.56 Å². The van der Waals surface area contributed by atoms with Crippen molar-refractivity contribution in [2.24, 2.45) is 0 Å². The molecule has 1 aliphatic heterocycles. The minimum absolute atomic E-state index is 0.00716. The number of nitrogens with one attached hydrogen (secondary N) is 1. The Balaban J connectivity index is 1.45. The second-order valence-electron chi connectivity index (χ2n) is 5.54. The van der Waals surface area contributed by atoms with Crippen molar-refractivity contribution in [3.63, 3.8) is 0 Å². The van der Waals surface area contributed by atoms with Crippen LogP contribution in [-0.2, 0) is 11.2 Å². The summed E-state index contributed by atoms with van der Waals surface area (Å²) in [5.41, 5.74) is 1.20. The van der Waals surface area contributed by atoms with Crippen molar-refractivity contribution >= 4 is 17.7 Å². The number of carbonyl (C=O) groups excluding carboxylic acids is 1. The molecule has 1 aromatic carbocycles. The van der Waals surface area contributed by atoms with Crippen molar-refractivity contribution in [3.8, 4) is 0 Å². The zero-order valence-corrected chi connectivity index (χ0v) is 13.6. The zero-order chi connectivity index (χ0) is 16.1. The Morgan fingerprint density at radius 2 is 2.13 bits per heavy atom. The number of hydrogen-bond donors (Lipinski definition) is 1. The van der Waals surface area contributed by atoms with E-state index in [1.54, 1.807) is 4.57 Å². The van der Waals surface area contributed by atoms with Crippen LogP contribution in [0.3, 0.4) is 0 Å². The number of fused-ring (bicyclic) bond motifs is 1. The Bertz CT molecular complexity index is 730. The summed E-state index contributed by atoms with van der Waals surface area (Å²) in [6.45, 7) is 0.655. The summed E-state index contributed by atoms with van der Waals surface area (Å²) in [6, 6.07) is 11.6. The molecule has 1 aromatic heterocycles. The van der Waals surface area contributed by atoms with Crippen molar-refractivity contribution in [3.05, 3.63) is 58.5 Å². The van der Waals surface area contributed by atoms with Gasteiger partial charge in [0, 0.05) is 31.0 Å². The van der Waals surface area contributed by atoms with Crippen molar-refractivity contribution in [2.75, 3.05) is 12.3 Å². The topological polar surface area (TPSA) is 64.0 Å². The fourth-order valence-electron chi connectivity index (χ4n) is 2.69. The molecule has 23 heavy (non-hydrogen) atoms.